The zero-order valence-electron chi connectivity index (χ0n) is 14.1. The van der Waals surface area contributed by atoms with Gasteiger partial charge in [0.15, 0.2) is 0 Å². The lowest BCUT2D eigenvalue weighted by atomic mass is 9.87. The van der Waals surface area contributed by atoms with Crippen molar-refractivity contribution in [2.24, 2.45) is 0 Å². The molecule has 24 heavy (non-hydrogen) atoms. The molecule has 6 heteroatoms. The van der Waals surface area contributed by atoms with E-state index < -0.39 is 0 Å². The molecule has 1 spiro atoms. The Labute approximate surface area is 141 Å². The topological polar surface area (TPSA) is 58.9 Å². The van der Waals surface area contributed by atoms with E-state index in [-0.39, 0.29) is 11.5 Å². The van der Waals surface area contributed by atoms with Gasteiger partial charge in [-0.1, -0.05) is 6.07 Å². The second-order valence-corrected chi connectivity index (χ2v) is 7.04. The molecule has 2 aliphatic rings. The molecule has 2 aromatic heterocycles. The number of amides is 1. The van der Waals surface area contributed by atoms with Crippen molar-refractivity contribution in [3.05, 3.63) is 35.8 Å². The Bertz CT molecular complexity index is 747. The van der Waals surface area contributed by atoms with Crippen LogP contribution in [-0.2, 0) is 16.1 Å². The summed E-state index contributed by atoms with van der Waals surface area (Å²) in [7, 11) is 0. The van der Waals surface area contributed by atoms with Crippen LogP contribution in [0.25, 0.3) is 5.65 Å². The highest BCUT2D eigenvalue weighted by Gasteiger charge is 2.38. The van der Waals surface area contributed by atoms with Crippen LogP contribution in [0.5, 0.6) is 0 Å². The number of likely N-dealkylation sites (tertiary alicyclic amines) is 1. The van der Waals surface area contributed by atoms with Gasteiger partial charge in [-0.25, -0.2) is 4.98 Å². The van der Waals surface area contributed by atoms with Gasteiger partial charge >= 0.3 is 0 Å². The molecule has 2 saturated heterocycles. The quantitative estimate of drug-likeness (QED) is 0.908. The highest BCUT2D eigenvalue weighted by Crippen LogP contribution is 2.31. The van der Waals surface area contributed by atoms with Crippen molar-refractivity contribution in [3.8, 4) is 0 Å². The molecule has 2 fully saturated rings. The number of carbonyl (C=O) groups excluding carboxylic acids is 1. The Balaban J connectivity index is 1.41. The van der Waals surface area contributed by atoms with Gasteiger partial charge in [-0.05, 0) is 31.4 Å². The Morgan fingerprint density at radius 3 is 2.96 bits per heavy atom. The van der Waals surface area contributed by atoms with E-state index in [0.717, 1.165) is 43.8 Å². The van der Waals surface area contributed by atoms with Gasteiger partial charge in [0.1, 0.15) is 5.65 Å². The maximum atomic E-state index is 11.8. The number of imidazole rings is 1. The Morgan fingerprint density at radius 2 is 2.12 bits per heavy atom. The Hall–Kier alpha value is -1.92. The second kappa shape index (κ2) is 6.18. The molecule has 0 radical (unpaired) electrons. The number of ether oxygens (including phenoxy) is 1. The van der Waals surface area contributed by atoms with Crippen molar-refractivity contribution in [3.63, 3.8) is 0 Å². The number of hydrogen-bond donors (Lipinski definition) is 1. The maximum absolute atomic E-state index is 11.8. The average molecular weight is 328 g/mol. The van der Waals surface area contributed by atoms with E-state index >= 15 is 0 Å². The highest BCUT2D eigenvalue weighted by molar-refractivity contribution is 5.77. The third-order valence-corrected chi connectivity index (χ3v) is 5.12. The van der Waals surface area contributed by atoms with Crippen LogP contribution in [0.1, 0.15) is 30.5 Å². The Morgan fingerprint density at radius 1 is 1.29 bits per heavy atom. The van der Waals surface area contributed by atoms with E-state index in [2.05, 4.69) is 46.1 Å². The van der Waals surface area contributed by atoms with Crippen molar-refractivity contribution in [2.45, 2.75) is 38.3 Å². The van der Waals surface area contributed by atoms with Crippen molar-refractivity contribution in [1.82, 2.24) is 19.6 Å². The predicted octanol–water partition coefficient (Wildman–Crippen LogP) is 1.51. The molecule has 0 unspecified atom stereocenters. The molecule has 2 aliphatic heterocycles. The molecular formula is C18H24N4O2. The van der Waals surface area contributed by atoms with Crippen LogP contribution in [-0.4, -0.2) is 52.0 Å². The van der Waals surface area contributed by atoms with Gasteiger partial charge in [0.25, 0.3) is 0 Å². The number of rotatable bonds is 2. The van der Waals surface area contributed by atoms with Gasteiger partial charge in [0.2, 0.25) is 5.91 Å². The van der Waals surface area contributed by atoms with Crippen LogP contribution in [0.4, 0.5) is 0 Å². The molecule has 0 saturated carbocycles. The van der Waals surface area contributed by atoms with Crippen molar-refractivity contribution in [1.29, 1.82) is 0 Å². The smallest absolute Gasteiger partial charge is 0.222 e. The van der Waals surface area contributed by atoms with Crippen LogP contribution in [0, 0.1) is 6.92 Å². The number of piperidine rings is 1. The van der Waals surface area contributed by atoms with Crippen molar-refractivity contribution < 1.29 is 9.53 Å². The number of aromatic nitrogens is 2. The molecular weight excluding hydrogens is 304 g/mol. The van der Waals surface area contributed by atoms with Gasteiger partial charge < -0.3 is 14.5 Å². The minimum absolute atomic E-state index is 0.122. The first-order valence-electron chi connectivity index (χ1n) is 8.69. The van der Waals surface area contributed by atoms with Gasteiger partial charge in [0, 0.05) is 38.6 Å². The van der Waals surface area contributed by atoms with Crippen LogP contribution in [0.2, 0.25) is 0 Å². The summed E-state index contributed by atoms with van der Waals surface area (Å²) in [4.78, 5) is 19.0. The fourth-order valence-corrected chi connectivity index (χ4v) is 3.76. The summed E-state index contributed by atoms with van der Waals surface area (Å²) < 4.78 is 8.12. The lowest BCUT2D eigenvalue weighted by Crippen LogP contribution is -2.46. The number of carbonyl (C=O) groups is 1. The van der Waals surface area contributed by atoms with E-state index in [4.69, 9.17) is 9.72 Å². The summed E-state index contributed by atoms with van der Waals surface area (Å²) in [5.74, 6) is 0.122. The second-order valence-electron chi connectivity index (χ2n) is 7.04. The molecule has 1 N–H and O–H groups in total. The van der Waals surface area contributed by atoms with Crippen LogP contribution in [0.3, 0.4) is 0 Å². The monoisotopic (exact) mass is 328 g/mol. The summed E-state index contributed by atoms with van der Waals surface area (Å²) in [5.41, 5.74) is 3.06. The standard InChI is InChI=1S/C18H24N4O2/c1-14-2-3-16-20-15(13-22(16)11-14)12-21-7-4-18(5-8-21)10-17(23)19-6-9-24-18/h2-3,11,13H,4-10,12H2,1H3,(H,19,23). The molecule has 0 bridgehead atoms. The molecule has 0 aliphatic carbocycles. The first kappa shape index (κ1) is 15.6. The van der Waals surface area contributed by atoms with E-state index in [1.807, 2.05) is 0 Å². The summed E-state index contributed by atoms with van der Waals surface area (Å²) in [6.45, 7) is 6.08. The summed E-state index contributed by atoms with van der Waals surface area (Å²) in [5, 5.41) is 2.90. The average Bonchev–Trinajstić information content (AvgIpc) is 2.86. The molecule has 128 valence electrons. The number of hydrogen-bond acceptors (Lipinski definition) is 4. The highest BCUT2D eigenvalue weighted by atomic mass is 16.5. The van der Waals surface area contributed by atoms with Crippen LogP contribution < -0.4 is 5.32 Å². The number of aryl methyl sites for hydroxylation is 1. The number of nitrogens with one attached hydrogen (secondary N) is 1. The number of fused-ring (bicyclic) bond motifs is 1. The first-order chi connectivity index (χ1) is 11.6. The molecule has 4 rings (SSSR count). The fraction of sp³-hybridized carbons (Fsp3) is 0.556. The molecule has 1 amide bonds. The van der Waals surface area contributed by atoms with Gasteiger partial charge in [0.05, 0.1) is 24.3 Å². The summed E-state index contributed by atoms with van der Waals surface area (Å²) in [6.07, 6.45) is 6.53. The predicted molar refractivity (Wildman–Crippen MR) is 90.7 cm³/mol. The molecule has 6 nitrogen and oxygen atoms in total. The lowest BCUT2D eigenvalue weighted by Gasteiger charge is -2.40. The zero-order chi connectivity index (χ0) is 16.6. The van der Waals surface area contributed by atoms with Gasteiger partial charge in [-0.15, -0.1) is 0 Å². The van der Waals surface area contributed by atoms with Crippen molar-refractivity contribution in [2.75, 3.05) is 26.2 Å². The van der Waals surface area contributed by atoms with Crippen molar-refractivity contribution >= 4 is 11.6 Å². The number of pyridine rings is 1. The lowest BCUT2D eigenvalue weighted by molar-refractivity contribution is -0.128. The van der Waals surface area contributed by atoms with E-state index in [1.54, 1.807) is 0 Å². The summed E-state index contributed by atoms with van der Waals surface area (Å²) >= 11 is 0. The van der Waals surface area contributed by atoms with Gasteiger partial charge in [-0.3, -0.25) is 9.69 Å². The molecule has 0 aromatic carbocycles. The molecule has 0 atom stereocenters. The largest absolute Gasteiger partial charge is 0.373 e. The third kappa shape index (κ3) is 3.16. The Kier molecular flexibility index (Phi) is 4.02. The third-order valence-electron chi connectivity index (χ3n) is 5.12. The SMILES string of the molecule is Cc1ccc2nc(CN3CCC4(CC3)CC(=O)NCCO4)cn2c1. The molecule has 2 aromatic rings. The zero-order valence-corrected chi connectivity index (χ0v) is 14.1. The van der Waals surface area contributed by atoms with Crippen LogP contribution in [0.15, 0.2) is 24.5 Å². The number of nitrogens with zero attached hydrogens (tertiary/aromatic N) is 3. The normalized spacial score (nSPS) is 21.8. The van der Waals surface area contributed by atoms with E-state index in [9.17, 15) is 4.79 Å². The van der Waals surface area contributed by atoms with E-state index in [1.165, 1.54) is 5.56 Å². The van der Waals surface area contributed by atoms with Crippen LogP contribution >= 0.6 is 0 Å². The maximum Gasteiger partial charge on any atom is 0.222 e. The van der Waals surface area contributed by atoms with Gasteiger partial charge in [-0.2, -0.15) is 0 Å². The first-order valence-corrected chi connectivity index (χ1v) is 8.69. The minimum Gasteiger partial charge on any atom is -0.373 e. The fourth-order valence-electron chi connectivity index (χ4n) is 3.76. The molecule has 4 heterocycles. The minimum atomic E-state index is -0.257. The summed E-state index contributed by atoms with van der Waals surface area (Å²) in [6, 6.07) is 4.15. The van der Waals surface area contributed by atoms with E-state index in [0.29, 0.717) is 19.6 Å².